The maximum atomic E-state index is 3.49. The average molecular weight is 336 g/mol. The van der Waals surface area contributed by atoms with Crippen LogP contribution in [0.3, 0.4) is 0 Å². The van der Waals surface area contributed by atoms with E-state index in [9.17, 15) is 0 Å². The Morgan fingerprint density at radius 3 is 2.62 bits per heavy atom. The minimum absolute atomic E-state index is 0.0172. The van der Waals surface area contributed by atoms with E-state index in [0.29, 0.717) is 0 Å². The number of aromatic amines is 1. The van der Waals surface area contributed by atoms with Crippen LogP contribution in [0.5, 0.6) is 0 Å². The highest BCUT2D eigenvalue weighted by atomic mass is 15.3. The van der Waals surface area contributed by atoms with Gasteiger partial charge in [0.2, 0.25) is 0 Å². The second-order valence-corrected chi connectivity index (χ2v) is 7.73. The van der Waals surface area contributed by atoms with Gasteiger partial charge in [0.25, 0.3) is 0 Å². The monoisotopic (exact) mass is 336 g/mol. The molecule has 6 rings (SSSR count). The summed E-state index contributed by atoms with van der Waals surface area (Å²) in [5.41, 5.74) is 8.33. The second kappa shape index (κ2) is 4.79. The number of nitrogens with zero attached hydrogens (tertiary/aromatic N) is 1. The Bertz CT molecular complexity index is 1160. The van der Waals surface area contributed by atoms with Gasteiger partial charge in [0.05, 0.1) is 11.6 Å². The van der Waals surface area contributed by atoms with Gasteiger partial charge in [0.15, 0.2) is 0 Å². The van der Waals surface area contributed by atoms with Gasteiger partial charge in [-0.1, -0.05) is 60.7 Å². The molecule has 2 heteroatoms. The zero-order valence-electron chi connectivity index (χ0n) is 14.7. The van der Waals surface area contributed by atoms with Crippen LogP contribution in [-0.4, -0.2) is 4.98 Å². The molecule has 2 aliphatic heterocycles. The summed E-state index contributed by atoms with van der Waals surface area (Å²) in [6.45, 7) is 2.40. The smallest absolute Gasteiger partial charge is 0.0829 e. The first-order valence-corrected chi connectivity index (χ1v) is 9.30. The molecule has 2 aliphatic rings. The Morgan fingerprint density at radius 1 is 0.885 bits per heavy atom. The van der Waals surface area contributed by atoms with Crippen molar-refractivity contribution in [1.82, 2.24) is 4.98 Å². The molecular formula is C24H20N2. The molecule has 0 unspecified atom stereocenters. The summed E-state index contributed by atoms with van der Waals surface area (Å²) in [5, 5.41) is 1.32. The predicted octanol–water partition coefficient (Wildman–Crippen LogP) is 5.55. The molecule has 0 saturated heterocycles. The van der Waals surface area contributed by atoms with Crippen LogP contribution in [0.1, 0.15) is 35.2 Å². The van der Waals surface area contributed by atoms with Gasteiger partial charge in [-0.25, -0.2) is 0 Å². The lowest BCUT2D eigenvalue weighted by atomic mass is 9.87. The molecule has 0 amide bonds. The van der Waals surface area contributed by atoms with Crippen molar-refractivity contribution in [1.29, 1.82) is 0 Å². The van der Waals surface area contributed by atoms with Crippen LogP contribution >= 0.6 is 0 Å². The van der Waals surface area contributed by atoms with Gasteiger partial charge in [-0.2, -0.15) is 0 Å². The van der Waals surface area contributed by atoms with Crippen molar-refractivity contribution in [2.45, 2.75) is 24.9 Å². The van der Waals surface area contributed by atoms with Crippen molar-refractivity contribution in [3.05, 3.63) is 101 Å². The lowest BCUT2D eigenvalue weighted by Crippen LogP contribution is -2.37. The van der Waals surface area contributed by atoms with Crippen LogP contribution in [0.4, 0.5) is 5.69 Å². The van der Waals surface area contributed by atoms with E-state index in [-0.39, 0.29) is 11.6 Å². The minimum atomic E-state index is 0.0172. The summed E-state index contributed by atoms with van der Waals surface area (Å²) in [6, 6.07) is 26.8. The highest BCUT2D eigenvalue weighted by Crippen LogP contribution is 2.57. The van der Waals surface area contributed by atoms with Gasteiger partial charge >= 0.3 is 0 Å². The fourth-order valence-corrected chi connectivity index (χ4v) is 5.26. The van der Waals surface area contributed by atoms with E-state index < -0.39 is 0 Å². The van der Waals surface area contributed by atoms with Crippen molar-refractivity contribution >= 4 is 16.6 Å². The van der Waals surface area contributed by atoms with Gasteiger partial charge in [0, 0.05) is 34.8 Å². The molecule has 0 fully saturated rings. The number of benzene rings is 3. The molecule has 3 aromatic carbocycles. The molecule has 3 heterocycles. The lowest BCUT2D eigenvalue weighted by molar-refractivity contribution is 0.481. The van der Waals surface area contributed by atoms with Gasteiger partial charge in [-0.05, 0) is 35.7 Å². The summed E-state index contributed by atoms with van der Waals surface area (Å²) in [5.74, 6) is 0. The molecule has 0 saturated carbocycles. The number of anilines is 1. The van der Waals surface area contributed by atoms with E-state index in [1.165, 1.54) is 38.8 Å². The maximum Gasteiger partial charge on any atom is 0.0829 e. The molecule has 1 N–H and O–H groups in total. The minimum Gasteiger partial charge on any atom is -0.361 e. The SMILES string of the molecule is C[C@]12Cc3ccccc3N1[C@H](c1c[nH]c3ccccc13)c1ccccc12. The van der Waals surface area contributed by atoms with Crippen LogP contribution in [0.25, 0.3) is 10.9 Å². The number of hydrogen-bond donors (Lipinski definition) is 1. The van der Waals surface area contributed by atoms with Crippen LogP contribution in [-0.2, 0) is 12.0 Å². The largest absolute Gasteiger partial charge is 0.361 e. The molecule has 0 radical (unpaired) electrons. The van der Waals surface area contributed by atoms with E-state index in [1.54, 1.807) is 0 Å². The third-order valence-electron chi connectivity index (χ3n) is 6.33. The first-order chi connectivity index (χ1) is 12.8. The number of para-hydroxylation sites is 2. The standard InChI is InChI=1S/C24H20N2/c1-24-14-16-8-2-7-13-22(16)26(24)23(18-10-3-5-11-20(18)24)19-15-25-21-12-6-4-9-17(19)21/h2-13,15,23,25H,14H2,1H3/t23-,24+/m0/s1. The highest BCUT2D eigenvalue weighted by Gasteiger charge is 2.52. The quantitative estimate of drug-likeness (QED) is 0.483. The normalized spacial score (nSPS) is 23.1. The first kappa shape index (κ1) is 14.2. The van der Waals surface area contributed by atoms with Crippen LogP contribution in [0.2, 0.25) is 0 Å². The predicted molar refractivity (Wildman–Crippen MR) is 107 cm³/mol. The van der Waals surface area contributed by atoms with Gasteiger partial charge in [0.1, 0.15) is 0 Å². The second-order valence-electron chi connectivity index (χ2n) is 7.73. The van der Waals surface area contributed by atoms with Gasteiger partial charge in [-0.3, -0.25) is 0 Å². The molecule has 2 atom stereocenters. The summed E-state index contributed by atoms with van der Waals surface area (Å²) in [6.07, 6.45) is 3.28. The number of aromatic nitrogens is 1. The molecular weight excluding hydrogens is 316 g/mol. The molecule has 4 aromatic rings. The fraction of sp³-hybridized carbons (Fsp3) is 0.167. The molecule has 0 aliphatic carbocycles. The van der Waals surface area contributed by atoms with Crippen LogP contribution < -0.4 is 4.90 Å². The number of H-pyrrole nitrogens is 1. The Balaban J connectivity index is 1.67. The zero-order chi connectivity index (χ0) is 17.3. The van der Waals surface area contributed by atoms with E-state index in [4.69, 9.17) is 0 Å². The summed E-state index contributed by atoms with van der Waals surface area (Å²) < 4.78 is 0. The van der Waals surface area contributed by atoms with Gasteiger partial charge < -0.3 is 9.88 Å². The van der Waals surface area contributed by atoms with Crippen LogP contribution in [0, 0.1) is 0 Å². The first-order valence-electron chi connectivity index (χ1n) is 9.30. The number of hydrogen-bond acceptors (Lipinski definition) is 1. The molecule has 0 bridgehead atoms. The van der Waals surface area contributed by atoms with E-state index in [0.717, 1.165) is 6.42 Å². The maximum absolute atomic E-state index is 3.49. The Morgan fingerprint density at radius 2 is 1.65 bits per heavy atom. The third kappa shape index (κ3) is 1.62. The molecule has 26 heavy (non-hydrogen) atoms. The average Bonchev–Trinajstić information content (AvgIpc) is 3.29. The zero-order valence-corrected chi connectivity index (χ0v) is 14.7. The molecule has 1 aromatic heterocycles. The van der Waals surface area contributed by atoms with E-state index in [1.807, 2.05) is 0 Å². The number of fused-ring (bicyclic) bond motifs is 6. The Kier molecular flexibility index (Phi) is 2.62. The van der Waals surface area contributed by atoms with E-state index >= 15 is 0 Å². The van der Waals surface area contributed by atoms with Crippen molar-refractivity contribution in [2.24, 2.45) is 0 Å². The number of nitrogens with one attached hydrogen (secondary N) is 1. The molecule has 2 nitrogen and oxygen atoms in total. The highest BCUT2D eigenvalue weighted by molar-refractivity contribution is 5.86. The Hall–Kier alpha value is -3.00. The lowest BCUT2D eigenvalue weighted by Gasteiger charge is -2.35. The molecule has 0 spiro atoms. The fourth-order valence-electron chi connectivity index (χ4n) is 5.26. The summed E-state index contributed by atoms with van der Waals surface area (Å²) in [7, 11) is 0. The third-order valence-corrected chi connectivity index (χ3v) is 6.33. The molecule has 126 valence electrons. The summed E-state index contributed by atoms with van der Waals surface area (Å²) in [4.78, 5) is 6.14. The van der Waals surface area contributed by atoms with Crippen molar-refractivity contribution in [2.75, 3.05) is 4.90 Å². The van der Waals surface area contributed by atoms with E-state index in [2.05, 4.69) is 95.8 Å². The number of rotatable bonds is 1. The Labute approximate surface area is 153 Å². The van der Waals surface area contributed by atoms with Crippen molar-refractivity contribution < 1.29 is 0 Å². The van der Waals surface area contributed by atoms with Crippen molar-refractivity contribution in [3.8, 4) is 0 Å². The van der Waals surface area contributed by atoms with Crippen molar-refractivity contribution in [3.63, 3.8) is 0 Å². The summed E-state index contributed by atoms with van der Waals surface area (Å²) >= 11 is 0. The van der Waals surface area contributed by atoms with Crippen LogP contribution in [0.15, 0.2) is 79.0 Å². The topological polar surface area (TPSA) is 19.0 Å². The van der Waals surface area contributed by atoms with Gasteiger partial charge in [-0.15, -0.1) is 0 Å².